The van der Waals surface area contributed by atoms with Crippen LogP contribution in [0.15, 0.2) is 66.7 Å². The Balaban J connectivity index is 2.08. The van der Waals surface area contributed by atoms with Gasteiger partial charge in [-0.2, -0.15) is 0 Å². The minimum atomic E-state index is -0.484. The van der Waals surface area contributed by atoms with Crippen molar-refractivity contribution in [2.45, 2.75) is 0 Å². The first-order valence-electron chi connectivity index (χ1n) is 7.68. The van der Waals surface area contributed by atoms with Crippen molar-refractivity contribution in [3.63, 3.8) is 0 Å². The molecule has 0 aliphatic carbocycles. The fourth-order valence-electron chi connectivity index (χ4n) is 2.41. The highest BCUT2D eigenvalue weighted by molar-refractivity contribution is 5.79. The van der Waals surface area contributed by atoms with Crippen LogP contribution in [0.2, 0.25) is 0 Å². The monoisotopic (exact) mass is 345 g/mol. The molecular weight excluding hydrogens is 333 g/mol. The number of nitro benzene ring substituents is 1. The summed E-state index contributed by atoms with van der Waals surface area (Å²) < 4.78 is 13.0. The molecule has 0 spiro atoms. The molecule has 0 saturated heterocycles. The van der Waals surface area contributed by atoms with Crippen LogP contribution < -0.4 is 0 Å². The van der Waals surface area contributed by atoms with Crippen LogP contribution in [-0.2, 0) is 0 Å². The van der Waals surface area contributed by atoms with E-state index in [1.807, 2.05) is 0 Å². The molecule has 0 N–H and O–H groups in total. The van der Waals surface area contributed by atoms with Gasteiger partial charge in [0.2, 0.25) is 0 Å². The zero-order chi connectivity index (χ0) is 18.5. The molecule has 3 rings (SSSR count). The Morgan fingerprint density at radius 1 is 0.923 bits per heavy atom. The lowest BCUT2D eigenvalue weighted by Crippen LogP contribution is -1.92. The molecular formula is C21H12FNO3. The summed E-state index contributed by atoms with van der Waals surface area (Å²) in [6, 6.07) is 17.0. The van der Waals surface area contributed by atoms with Crippen LogP contribution in [0.5, 0.6) is 0 Å². The number of benzene rings is 3. The number of nitro groups is 1. The predicted molar refractivity (Wildman–Crippen MR) is 96.3 cm³/mol. The topological polar surface area (TPSA) is 60.2 Å². The van der Waals surface area contributed by atoms with Gasteiger partial charge in [-0.05, 0) is 41.5 Å². The van der Waals surface area contributed by atoms with Crippen molar-refractivity contribution in [1.82, 2.24) is 0 Å². The summed E-state index contributed by atoms with van der Waals surface area (Å²) in [4.78, 5) is 21.4. The smallest absolute Gasteiger partial charge is 0.270 e. The van der Waals surface area contributed by atoms with Crippen LogP contribution >= 0.6 is 0 Å². The van der Waals surface area contributed by atoms with E-state index in [9.17, 15) is 19.3 Å². The normalized spacial score (nSPS) is 9.88. The van der Waals surface area contributed by atoms with Crippen molar-refractivity contribution in [3.8, 4) is 23.0 Å². The first-order valence-corrected chi connectivity index (χ1v) is 7.68. The molecule has 0 aliphatic rings. The Morgan fingerprint density at radius 2 is 1.62 bits per heavy atom. The average molecular weight is 345 g/mol. The first kappa shape index (κ1) is 17.1. The highest BCUT2D eigenvalue weighted by Crippen LogP contribution is 2.27. The van der Waals surface area contributed by atoms with Crippen molar-refractivity contribution < 1.29 is 14.1 Å². The average Bonchev–Trinajstić information content (AvgIpc) is 2.67. The highest BCUT2D eigenvalue weighted by Gasteiger charge is 2.11. The number of aldehydes is 1. The second-order valence-electron chi connectivity index (χ2n) is 5.48. The molecule has 0 fully saturated rings. The zero-order valence-electron chi connectivity index (χ0n) is 13.5. The molecule has 4 nitrogen and oxygen atoms in total. The Hall–Kier alpha value is -3.78. The van der Waals surface area contributed by atoms with Crippen LogP contribution in [0.25, 0.3) is 11.1 Å². The van der Waals surface area contributed by atoms with Gasteiger partial charge in [0.1, 0.15) is 12.1 Å². The van der Waals surface area contributed by atoms with Crippen molar-refractivity contribution >= 4 is 12.0 Å². The van der Waals surface area contributed by atoms with Gasteiger partial charge in [0.15, 0.2) is 0 Å². The Bertz CT molecular complexity index is 1030. The molecule has 0 radical (unpaired) electrons. The van der Waals surface area contributed by atoms with Gasteiger partial charge in [-0.1, -0.05) is 36.1 Å². The predicted octanol–water partition coefficient (Wildman–Crippen LogP) is 4.61. The van der Waals surface area contributed by atoms with Crippen LogP contribution in [0.1, 0.15) is 21.5 Å². The summed E-state index contributed by atoms with van der Waals surface area (Å²) >= 11 is 0. The number of hydrogen-bond donors (Lipinski definition) is 0. The molecule has 0 bridgehead atoms. The van der Waals surface area contributed by atoms with Crippen molar-refractivity contribution in [2.75, 3.05) is 0 Å². The number of nitrogens with zero attached hydrogens (tertiary/aromatic N) is 1. The van der Waals surface area contributed by atoms with Crippen molar-refractivity contribution in [2.24, 2.45) is 0 Å². The summed E-state index contributed by atoms with van der Waals surface area (Å²) in [5.74, 6) is 5.46. The van der Waals surface area contributed by atoms with Crippen LogP contribution in [0, 0.1) is 27.8 Å². The Kier molecular flexibility index (Phi) is 4.86. The minimum Gasteiger partial charge on any atom is -0.298 e. The molecule has 0 saturated carbocycles. The summed E-state index contributed by atoms with van der Waals surface area (Å²) in [5.41, 5.74) is 3.04. The van der Waals surface area contributed by atoms with Crippen molar-refractivity contribution in [3.05, 3.63) is 99.4 Å². The Labute approximate surface area is 149 Å². The molecule has 5 heteroatoms. The largest absolute Gasteiger partial charge is 0.298 e. The lowest BCUT2D eigenvalue weighted by atomic mass is 9.98. The third kappa shape index (κ3) is 3.82. The number of carbonyl (C=O) groups is 1. The lowest BCUT2D eigenvalue weighted by Gasteiger charge is -2.05. The summed E-state index contributed by atoms with van der Waals surface area (Å²) in [6.45, 7) is 0. The molecule has 26 heavy (non-hydrogen) atoms. The molecule has 0 atom stereocenters. The van der Waals surface area contributed by atoms with Gasteiger partial charge >= 0.3 is 0 Å². The second kappa shape index (κ2) is 7.41. The first-order chi connectivity index (χ1) is 12.6. The molecule has 0 unspecified atom stereocenters. The maximum atomic E-state index is 13.0. The maximum Gasteiger partial charge on any atom is 0.270 e. The van der Waals surface area contributed by atoms with Gasteiger partial charge in [0.05, 0.1) is 4.92 Å². The summed E-state index contributed by atoms with van der Waals surface area (Å²) in [6.07, 6.45) is 0.745. The van der Waals surface area contributed by atoms with Crippen molar-refractivity contribution in [1.29, 1.82) is 0 Å². The van der Waals surface area contributed by atoms with E-state index in [1.165, 1.54) is 36.4 Å². The second-order valence-corrected chi connectivity index (χ2v) is 5.48. The summed E-state index contributed by atoms with van der Waals surface area (Å²) in [5, 5.41) is 11.1. The number of rotatable bonds is 3. The van der Waals surface area contributed by atoms with Gasteiger partial charge in [-0.25, -0.2) is 4.39 Å². The van der Waals surface area contributed by atoms with E-state index in [2.05, 4.69) is 11.8 Å². The number of halogens is 1. The molecule has 0 amide bonds. The molecule has 126 valence electrons. The van der Waals surface area contributed by atoms with Gasteiger partial charge in [0.25, 0.3) is 5.69 Å². The van der Waals surface area contributed by atoms with E-state index < -0.39 is 4.92 Å². The third-order valence-corrected chi connectivity index (χ3v) is 3.76. The molecule has 0 aliphatic heterocycles. The van der Waals surface area contributed by atoms with Crippen LogP contribution in [0.3, 0.4) is 0 Å². The zero-order valence-corrected chi connectivity index (χ0v) is 13.5. The van der Waals surface area contributed by atoms with Gasteiger partial charge < -0.3 is 0 Å². The quantitative estimate of drug-likeness (QED) is 0.301. The van der Waals surface area contributed by atoms with Crippen LogP contribution in [-0.4, -0.2) is 11.2 Å². The van der Waals surface area contributed by atoms with Gasteiger partial charge in [-0.15, -0.1) is 0 Å². The van der Waals surface area contributed by atoms with E-state index in [4.69, 9.17) is 0 Å². The lowest BCUT2D eigenvalue weighted by molar-refractivity contribution is -0.384. The standard InChI is InChI=1S/C21H12FNO3/c22-19-9-4-15(5-10-19)1-8-18-13-20(23(25)26)11-12-21(18)17-6-2-16(14-24)3-7-17/h2-7,9-14H. The number of carbonyl (C=O) groups excluding carboxylic acids is 1. The Morgan fingerprint density at radius 3 is 2.23 bits per heavy atom. The number of hydrogen-bond acceptors (Lipinski definition) is 3. The number of non-ortho nitro benzene ring substituents is 1. The van der Waals surface area contributed by atoms with Gasteiger partial charge in [-0.3, -0.25) is 14.9 Å². The third-order valence-electron chi connectivity index (χ3n) is 3.76. The fourth-order valence-corrected chi connectivity index (χ4v) is 2.41. The molecule has 3 aromatic rings. The fraction of sp³-hybridized carbons (Fsp3) is 0. The SMILES string of the molecule is O=Cc1ccc(-c2ccc([N+](=O)[O-])cc2C#Cc2ccc(F)cc2)cc1. The molecule has 3 aromatic carbocycles. The molecule has 0 aromatic heterocycles. The highest BCUT2D eigenvalue weighted by atomic mass is 19.1. The minimum absolute atomic E-state index is 0.0679. The van der Waals surface area contributed by atoms with E-state index in [0.717, 1.165) is 11.8 Å². The van der Waals surface area contributed by atoms with Gasteiger partial charge in [0, 0.05) is 28.8 Å². The van der Waals surface area contributed by atoms with E-state index in [0.29, 0.717) is 22.3 Å². The van der Waals surface area contributed by atoms with Crippen LogP contribution in [0.4, 0.5) is 10.1 Å². The van der Waals surface area contributed by atoms with E-state index >= 15 is 0 Å². The van der Waals surface area contributed by atoms with E-state index in [-0.39, 0.29) is 11.5 Å². The molecule has 0 heterocycles. The maximum absolute atomic E-state index is 13.0. The summed E-state index contributed by atoms with van der Waals surface area (Å²) in [7, 11) is 0. The van der Waals surface area contributed by atoms with E-state index in [1.54, 1.807) is 30.3 Å².